The minimum absolute atomic E-state index is 0. The molecule has 1 saturated carbocycles. The highest BCUT2D eigenvalue weighted by Gasteiger charge is 2.25. The number of nitrogens with zero attached hydrogens (tertiary/aromatic N) is 4. The predicted molar refractivity (Wildman–Crippen MR) is 153 cm³/mol. The summed E-state index contributed by atoms with van der Waals surface area (Å²) in [6.07, 6.45) is 10.3. The van der Waals surface area contributed by atoms with Crippen LogP contribution in [0.3, 0.4) is 0 Å². The molecule has 9 heteroatoms. The van der Waals surface area contributed by atoms with Crippen molar-refractivity contribution in [2.24, 2.45) is 5.92 Å². The Balaban J connectivity index is 0.00000336. The van der Waals surface area contributed by atoms with Gasteiger partial charge in [0.15, 0.2) is 0 Å². The van der Waals surface area contributed by atoms with Crippen LogP contribution < -0.4 is 20.3 Å². The predicted octanol–water partition coefficient (Wildman–Crippen LogP) is 5.43. The summed E-state index contributed by atoms with van der Waals surface area (Å²) in [4.78, 5) is 29.1. The zero-order valence-electron chi connectivity index (χ0n) is 22.2. The van der Waals surface area contributed by atoms with E-state index in [9.17, 15) is 4.79 Å². The number of rotatable bonds is 8. The van der Waals surface area contributed by atoms with Crippen LogP contribution in [0.2, 0.25) is 0 Å². The summed E-state index contributed by atoms with van der Waals surface area (Å²) in [5.41, 5.74) is 2.96. The van der Waals surface area contributed by atoms with Gasteiger partial charge >= 0.3 is 0 Å². The Morgan fingerprint density at radius 1 is 1.00 bits per heavy atom. The molecule has 1 amide bonds. The normalized spacial score (nSPS) is 18.5. The zero-order valence-corrected chi connectivity index (χ0v) is 23.0. The first-order valence-electron chi connectivity index (χ1n) is 13.4. The number of fused-ring (bicyclic) bond motifs is 1. The number of nitrogens with one attached hydrogen (secondary N) is 2. The van der Waals surface area contributed by atoms with Gasteiger partial charge in [-0.25, -0.2) is 9.97 Å². The quantitative estimate of drug-likeness (QED) is 0.396. The maximum Gasteiger partial charge on any atom is 0.256 e. The number of aryl methyl sites for hydroxylation is 1. The lowest BCUT2D eigenvalue weighted by Gasteiger charge is -2.30. The van der Waals surface area contributed by atoms with Crippen LogP contribution in [0, 0.1) is 5.92 Å². The molecule has 0 atom stereocenters. The Labute approximate surface area is 231 Å². The van der Waals surface area contributed by atoms with Crippen LogP contribution in [0.5, 0.6) is 11.6 Å². The van der Waals surface area contributed by atoms with Crippen LogP contribution >= 0.6 is 12.4 Å². The number of amides is 1. The summed E-state index contributed by atoms with van der Waals surface area (Å²) in [6.45, 7) is 0.644. The number of pyridine rings is 1. The van der Waals surface area contributed by atoms with Gasteiger partial charge in [0.25, 0.3) is 5.91 Å². The number of hydrogen-bond acceptors (Lipinski definition) is 7. The Hall–Kier alpha value is -3.39. The first-order valence-corrected chi connectivity index (χ1v) is 13.4. The van der Waals surface area contributed by atoms with Crippen molar-refractivity contribution in [1.29, 1.82) is 0 Å². The molecule has 5 rings (SSSR count). The van der Waals surface area contributed by atoms with Gasteiger partial charge < -0.3 is 20.3 Å². The largest absolute Gasteiger partial charge is 0.438 e. The minimum Gasteiger partial charge on any atom is -0.438 e. The Bertz CT molecular complexity index is 1210. The molecule has 3 aromatic rings. The molecule has 0 radical (unpaired) electrons. The molecule has 0 aliphatic heterocycles. The second-order valence-corrected chi connectivity index (χ2v) is 10.2. The highest BCUT2D eigenvalue weighted by Crippen LogP contribution is 2.30. The molecule has 8 nitrogen and oxygen atoms in total. The monoisotopic (exact) mass is 536 g/mol. The van der Waals surface area contributed by atoms with E-state index in [0.29, 0.717) is 35.7 Å². The van der Waals surface area contributed by atoms with Gasteiger partial charge in [0.2, 0.25) is 11.8 Å². The van der Waals surface area contributed by atoms with Gasteiger partial charge in [-0.1, -0.05) is 18.2 Å². The molecule has 2 heterocycles. The smallest absolute Gasteiger partial charge is 0.256 e. The number of carbonyl (C=O) groups excluding carboxylic acids is 1. The highest BCUT2D eigenvalue weighted by molar-refractivity contribution is 5.96. The van der Waals surface area contributed by atoms with Gasteiger partial charge in [0, 0.05) is 38.4 Å². The third-order valence-corrected chi connectivity index (χ3v) is 7.29. The maximum absolute atomic E-state index is 12.9. The van der Waals surface area contributed by atoms with Crippen LogP contribution in [0.4, 0.5) is 11.8 Å². The number of ether oxygens (including phenoxy) is 1. The van der Waals surface area contributed by atoms with Crippen molar-refractivity contribution in [3.8, 4) is 11.6 Å². The number of halogens is 1. The summed E-state index contributed by atoms with van der Waals surface area (Å²) in [5, 5.41) is 6.71. The van der Waals surface area contributed by atoms with E-state index in [1.54, 1.807) is 18.3 Å². The van der Waals surface area contributed by atoms with Crippen LogP contribution in [0.15, 0.2) is 48.7 Å². The third kappa shape index (κ3) is 6.72. The number of anilines is 2. The molecule has 0 spiro atoms. The molecule has 0 unspecified atom stereocenters. The Morgan fingerprint density at radius 2 is 1.76 bits per heavy atom. The highest BCUT2D eigenvalue weighted by atomic mass is 35.5. The third-order valence-electron chi connectivity index (χ3n) is 7.29. The van der Waals surface area contributed by atoms with E-state index >= 15 is 0 Å². The van der Waals surface area contributed by atoms with Crippen molar-refractivity contribution >= 4 is 30.1 Å². The van der Waals surface area contributed by atoms with Crippen molar-refractivity contribution in [1.82, 2.24) is 20.3 Å². The van der Waals surface area contributed by atoms with E-state index in [2.05, 4.69) is 34.6 Å². The number of para-hydroxylation sites is 1. The van der Waals surface area contributed by atoms with Crippen LogP contribution in [0.1, 0.15) is 60.1 Å². The summed E-state index contributed by atoms with van der Waals surface area (Å²) in [6, 6.07) is 13.3. The first-order chi connectivity index (χ1) is 18.1. The summed E-state index contributed by atoms with van der Waals surface area (Å²) in [5.74, 6) is 3.07. The van der Waals surface area contributed by atoms with Crippen molar-refractivity contribution < 1.29 is 9.53 Å². The fourth-order valence-electron chi connectivity index (χ4n) is 5.28. The standard InChI is InChI=1S/C29H36N6O2.ClH/c1-35(2)26-23-11-6-7-13-25(23)33-29(34-26)32-21-16-14-20(15-17-21)19-31-27(36)24-12-8-18-30-28(24)37-22-9-4-3-5-10-22;/h3-5,8-10,12,18,20-21H,6-7,11,13-17,19H2,1-2H3,(H,31,36)(H,32,33,34);1H. The van der Waals surface area contributed by atoms with Gasteiger partial charge in [-0.3, -0.25) is 4.79 Å². The van der Waals surface area contributed by atoms with Crippen LogP contribution in [-0.4, -0.2) is 47.5 Å². The molecule has 2 aliphatic carbocycles. The van der Waals surface area contributed by atoms with Gasteiger partial charge in [0.1, 0.15) is 17.1 Å². The molecular formula is C29H37ClN6O2. The average molecular weight is 537 g/mol. The lowest BCUT2D eigenvalue weighted by molar-refractivity contribution is 0.0940. The number of aromatic nitrogens is 3. The second kappa shape index (κ2) is 12.9. The van der Waals surface area contributed by atoms with E-state index in [0.717, 1.165) is 50.3 Å². The Kier molecular flexibility index (Phi) is 9.39. The molecule has 38 heavy (non-hydrogen) atoms. The molecule has 2 aromatic heterocycles. The van der Waals surface area contributed by atoms with Gasteiger partial charge in [-0.2, -0.15) is 4.98 Å². The number of benzene rings is 1. The summed E-state index contributed by atoms with van der Waals surface area (Å²) >= 11 is 0. The molecule has 0 bridgehead atoms. The lowest BCUT2D eigenvalue weighted by Crippen LogP contribution is -2.34. The number of hydrogen-bond donors (Lipinski definition) is 2. The van der Waals surface area contributed by atoms with E-state index < -0.39 is 0 Å². The molecule has 1 aromatic carbocycles. The Morgan fingerprint density at radius 3 is 2.53 bits per heavy atom. The fourth-order valence-corrected chi connectivity index (χ4v) is 5.28. The summed E-state index contributed by atoms with van der Waals surface area (Å²) < 4.78 is 5.86. The molecular weight excluding hydrogens is 500 g/mol. The van der Waals surface area contributed by atoms with E-state index in [1.807, 2.05) is 30.3 Å². The minimum atomic E-state index is -0.155. The van der Waals surface area contributed by atoms with Crippen LogP contribution in [0.25, 0.3) is 0 Å². The van der Waals surface area contributed by atoms with Gasteiger partial charge in [-0.15, -0.1) is 12.4 Å². The van der Waals surface area contributed by atoms with Crippen molar-refractivity contribution in [3.63, 3.8) is 0 Å². The topological polar surface area (TPSA) is 92.3 Å². The molecule has 1 fully saturated rings. The van der Waals surface area contributed by atoms with Crippen LogP contribution in [-0.2, 0) is 12.8 Å². The van der Waals surface area contributed by atoms with Gasteiger partial charge in [0.05, 0.1) is 5.69 Å². The lowest BCUT2D eigenvalue weighted by atomic mass is 9.86. The van der Waals surface area contributed by atoms with Crippen molar-refractivity contribution in [2.75, 3.05) is 30.9 Å². The number of carbonyl (C=O) groups is 1. The van der Waals surface area contributed by atoms with E-state index in [1.165, 1.54) is 24.1 Å². The van der Waals surface area contributed by atoms with E-state index in [-0.39, 0.29) is 18.3 Å². The van der Waals surface area contributed by atoms with Crippen molar-refractivity contribution in [2.45, 2.75) is 57.4 Å². The second-order valence-electron chi connectivity index (χ2n) is 10.2. The molecule has 202 valence electrons. The summed E-state index contributed by atoms with van der Waals surface area (Å²) in [7, 11) is 4.12. The first kappa shape index (κ1) is 27.6. The maximum atomic E-state index is 12.9. The zero-order chi connectivity index (χ0) is 25.6. The molecule has 2 N–H and O–H groups in total. The molecule has 2 aliphatic rings. The SMILES string of the molecule is CN(C)c1nc(NC2CCC(CNC(=O)c3cccnc3Oc3ccccc3)CC2)nc2c1CCCC2.Cl. The van der Waals surface area contributed by atoms with Crippen molar-refractivity contribution in [3.05, 3.63) is 65.5 Å². The average Bonchev–Trinajstić information content (AvgIpc) is 2.93. The molecule has 0 saturated heterocycles. The van der Waals surface area contributed by atoms with E-state index in [4.69, 9.17) is 14.7 Å². The fraction of sp³-hybridized carbons (Fsp3) is 0.448. The van der Waals surface area contributed by atoms with Gasteiger partial charge in [-0.05, 0) is 81.5 Å².